The number of hydrogen-bond acceptors (Lipinski definition) is 4. The number of hydrogen-bond donors (Lipinski definition) is 1. The molecule has 0 heterocycles. The third-order valence-corrected chi connectivity index (χ3v) is 3.15. The Morgan fingerprint density at radius 3 is 2.29 bits per heavy atom. The number of carbonyl (C=O) groups is 2. The van der Waals surface area contributed by atoms with E-state index in [2.05, 4.69) is 0 Å². The molecular formula is C16H20N2O3. The van der Waals surface area contributed by atoms with Gasteiger partial charge in [-0.2, -0.15) is 5.26 Å². The summed E-state index contributed by atoms with van der Waals surface area (Å²) in [7, 11) is 0. The molecule has 5 nitrogen and oxygen atoms in total. The monoisotopic (exact) mass is 288 g/mol. The second kappa shape index (κ2) is 6.89. The highest BCUT2D eigenvalue weighted by Crippen LogP contribution is 2.19. The Kier molecular flexibility index (Phi) is 5.48. The van der Waals surface area contributed by atoms with Crippen LogP contribution in [-0.4, -0.2) is 33.8 Å². The van der Waals surface area contributed by atoms with Crippen LogP contribution in [0.3, 0.4) is 0 Å². The third kappa shape index (κ3) is 4.06. The fourth-order valence-electron chi connectivity index (χ4n) is 2.25. The van der Waals surface area contributed by atoms with Crippen molar-refractivity contribution in [3.05, 3.63) is 29.3 Å². The van der Waals surface area contributed by atoms with E-state index < -0.39 is 11.7 Å². The molecule has 0 bridgehead atoms. The number of phenols is 1. The molecule has 0 fully saturated rings. The van der Waals surface area contributed by atoms with Crippen molar-refractivity contribution in [2.45, 2.75) is 46.2 Å². The van der Waals surface area contributed by atoms with Crippen molar-refractivity contribution in [2.75, 3.05) is 0 Å². The van der Waals surface area contributed by atoms with E-state index in [4.69, 9.17) is 5.26 Å². The number of aromatic hydroxyl groups is 1. The molecule has 0 spiro atoms. The summed E-state index contributed by atoms with van der Waals surface area (Å²) in [6.45, 7) is 7.38. The summed E-state index contributed by atoms with van der Waals surface area (Å²) in [5.41, 5.74) is 0.632. The van der Waals surface area contributed by atoms with Crippen molar-refractivity contribution in [2.24, 2.45) is 0 Å². The van der Waals surface area contributed by atoms with Gasteiger partial charge in [0, 0.05) is 24.1 Å². The van der Waals surface area contributed by atoms with Gasteiger partial charge in [-0.1, -0.05) is 0 Å². The molecule has 1 N–H and O–H groups in total. The Balaban J connectivity index is 2.96. The van der Waals surface area contributed by atoms with Crippen LogP contribution in [0.4, 0.5) is 0 Å². The number of carbonyl (C=O) groups excluding carboxylic acids is 2. The standard InChI is InChI=1S/C16H20N2O3/c1-10(2)18(11(3)4)16(21)15(20)8-13-7-12(9-17)5-6-14(13)19/h5-7,10-11,19H,8H2,1-4H3. The molecule has 1 aromatic carbocycles. The zero-order valence-corrected chi connectivity index (χ0v) is 12.8. The van der Waals surface area contributed by atoms with Gasteiger partial charge in [-0.25, -0.2) is 0 Å². The molecule has 21 heavy (non-hydrogen) atoms. The largest absolute Gasteiger partial charge is 0.508 e. The normalized spacial score (nSPS) is 10.5. The molecule has 1 aromatic rings. The first-order chi connectivity index (χ1) is 9.77. The van der Waals surface area contributed by atoms with Crippen molar-refractivity contribution in [3.63, 3.8) is 0 Å². The maximum atomic E-state index is 12.2. The second-order valence-electron chi connectivity index (χ2n) is 5.46. The molecule has 0 aliphatic rings. The minimum atomic E-state index is -0.595. The Morgan fingerprint density at radius 2 is 1.81 bits per heavy atom. The molecule has 0 radical (unpaired) electrons. The lowest BCUT2D eigenvalue weighted by atomic mass is 10.0. The molecule has 0 saturated carbocycles. The molecular weight excluding hydrogens is 268 g/mol. The molecule has 0 aliphatic carbocycles. The molecule has 1 rings (SSSR count). The highest BCUT2D eigenvalue weighted by molar-refractivity contribution is 6.36. The molecule has 112 valence electrons. The summed E-state index contributed by atoms with van der Waals surface area (Å²) in [4.78, 5) is 25.9. The predicted octanol–water partition coefficient (Wildman–Crippen LogP) is 2.02. The molecule has 0 saturated heterocycles. The van der Waals surface area contributed by atoms with Crippen LogP contribution in [0, 0.1) is 11.3 Å². The maximum Gasteiger partial charge on any atom is 0.290 e. The highest BCUT2D eigenvalue weighted by atomic mass is 16.3. The number of ketones is 1. The molecule has 5 heteroatoms. The number of benzene rings is 1. The van der Waals surface area contributed by atoms with Crippen molar-refractivity contribution in [1.82, 2.24) is 4.90 Å². The first kappa shape index (κ1) is 16.7. The second-order valence-corrected chi connectivity index (χ2v) is 5.46. The summed E-state index contributed by atoms with van der Waals surface area (Å²) >= 11 is 0. The first-order valence-electron chi connectivity index (χ1n) is 6.85. The Labute approximate surface area is 124 Å². The zero-order chi connectivity index (χ0) is 16.2. The lowest BCUT2D eigenvalue weighted by Crippen LogP contribution is -2.46. The van der Waals surface area contributed by atoms with E-state index in [0.29, 0.717) is 11.1 Å². The van der Waals surface area contributed by atoms with E-state index in [1.807, 2.05) is 33.8 Å². The lowest BCUT2D eigenvalue weighted by molar-refractivity contribution is -0.146. The minimum absolute atomic E-state index is 0.0829. The van der Waals surface area contributed by atoms with Crippen LogP contribution >= 0.6 is 0 Å². The predicted molar refractivity (Wildman–Crippen MR) is 78.7 cm³/mol. The van der Waals surface area contributed by atoms with Gasteiger partial charge in [0.2, 0.25) is 5.78 Å². The van der Waals surface area contributed by atoms with Gasteiger partial charge in [-0.3, -0.25) is 9.59 Å². The summed E-state index contributed by atoms with van der Waals surface area (Å²) in [5, 5.41) is 18.6. The summed E-state index contributed by atoms with van der Waals surface area (Å²) < 4.78 is 0. The Bertz CT molecular complexity index is 578. The molecule has 0 aromatic heterocycles. The van der Waals surface area contributed by atoms with Gasteiger partial charge < -0.3 is 10.0 Å². The smallest absolute Gasteiger partial charge is 0.290 e. The summed E-state index contributed by atoms with van der Waals surface area (Å²) in [5.74, 6) is -1.25. The van der Waals surface area contributed by atoms with Crippen LogP contribution in [0.2, 0.25) is 0 Å². The molecule has 0 aliphatic heterocycles. The molecule has 0 unspecified atom stereocenters. The quantitative estimate of drug-likeness (QED) is 0.840. The van der Waals surface area contributed by atoms with Gasteiger partial charge in [0.1, 0.15) is 5.75 Å². The van der Waals surface area contributed by atoms with E-state index in [9.17, 15) is 14.7 Å². The average Bonchev–Trinajstić information content (AvgIpc) is 2.40. The van der Waals surface area contributed by atoms with E-state index in [-0.39, 0.29) is 24.3 Å². The van der Waals surface area contributed by atoms with E-state index >= 15 is 0 Å². The van der Waals surface area contributed by atoms with E-state index in [1.54, 1.807) is 0 Å². The molecule has 0 atom stereocenters. The van der Waals surface area contributed by atoms with Crippen LogP contribution in [-0.2, 0) is 16.0 Å². The van der Waals surface area contributed by atoms with Gasteiger partial charge in [0.15, 0.2) is 0 Å². The number of Topliss-reactive ketones (excluding diaryl/α,β-unsaturated/α-hetero) is 1. The number of phenolic OH excluding ortho intramolecular Hbond substituents is 1. The van der Waals surface area contributed by atoms with Crippen LogP contribution in [0.5, 0.6) is 5.75 Å². The Morgan fingerprint density at radius 1 is 1.24 bits per heavy atom. The highest BCUT2D eigenvalue weighted by Gasteiger charge is 2.26. The van der Waals surface area contributed by atoms with Crippen molar-refractivity contribution in [3.8, 4) is 11.8 Å². The van der Waals surface area contributed by atoms with Gasteiger partial charge >= 0.3 is 0 Å². The minimum Gasteiger partial charge on any atom is -0.508 e. The van der Waals surface area contributed by atoms with Crippen LogP contribution in [0.1, 0.15) is 38.8 Å². The number of nitriles is 1. The van der Waals surface area contributed by atoms with Gasteiger partial charge in [-0.05, 0) is 45.9 Å². The third-order valence-electron chi connectivity index (χ3n) is 3.15. The van der Waals surface area contributed by atoms with Crippen LogP contribution < -0.4 is 0 Å². The molecule has 1 amide bonds. The lowest BCUT2D eigenvalue weighted by Gasteiger charge is -2.30. The van der Waals surface area contributed by atoms with Gasteiger partial charge in [0.25, 0.3) is 5.91 Å². The SMILES string of the molecule is CC(C)N(C(=O)C(=O)Cc1cc(C#N)ccc1O)C(C)C. The van der Waals surface area contributed by atoms with E-state index in [0.717, 1.165) is 0 Å². The number of nitrogens with zero attached hydrogens (tertiary/aromatic N) is 2. The van der Waals surface area contributed by atoms with Crippen molar-refractivity contribution >= 4 is 11.7 Å². The van der Waals surface area contributed by atoms with Crippen LogP contribution in [0.25, 0.3) is 0 Å². The summed E-state index contributed by atoms with van der Waals surface area (Å²) in [6, 6.07) is 6.01. The van der Waals surface area contributed by atoms with Crippen molar-refractivity contribution in [1.29, 1.82) is 5.26 Å². The first-order valence-corrected chi connectivity index (χ1v) is 6.85. The van der Waals surface area contributed by atoms with Crippen LogP contribution in [0.15, 0.2) is 18.2 Å². The number of rotatable bonds is 5. The zero-order valence-electron chi connectivity index (χ0n) is 12.8. The maximum absolute atomic E-state index is 12.2. The summed E-state index contributed by atoms with van der Waals surface area (Å²) in [6.07, 6.45) is -0.212. The van der Waals surface area contributed by atoms with E-state index in [1.165, 1.54) is 23.1 Å². The fourth-order valence-corrected chi connectivity index (χ4v) is 2.25. The Hall–Kier alpha value is -2.35. The average molecular weight is 288 g/mol. The van der Waals surface area contributed by atoms with Gasteiger partial charge in [-0.15, -0.1) is 0 Å². The topological polar surface area (TPSA) is 81.4 Å². The number of amides is 1. The van der Waals surface area contributed by atoms with Gasteiger partial charge in [0.05, 0.1) is 11.6 Å². The van der Waals surface area contributed by atoms with Crippen molar-refractivity contribution < 1.29 is 14.7 Å². The fraction of sp³-hybridized carbons (Fsp3) is 0.438.